The van der Waals surface area contributed by atoms with Gasteiger partial charge in [0.1, 0.15) is 0 Å². The van der Waals surface area contributed by atoms with Gasteiger partial charge in [0, 0.05) is 12.6 Å². The standard InChI is InChI=1S/C14H27N3O/c1-10-4-5-11(8-15)13(7-10)17-6-2-3-12(9-17)14(16)18/h10-13H,2-9,15H2,1H3,(H2,16,18). The molecule has 4 N–H and O–H groups in total. The van der Waals surface area contributed by atoms with Gasteiger partial charge in [0.25, 0.3) is 0 Å². The van der Waals surface area contributed by atoms with Crippen molar-refractivity contribution in [2.45, 2.75) is 45.1 Å². The number of nitrogens with zero attached hydrogens (tertiary/aromatic N) is 1. The van der Waals surface area contributed by atoms with Gasteiger partial charge in [0.2, 0.25) is 5.91 Å². The summed E-state index contributed by atoms with van der Waals surface area (Å²) in [6.45, 7) is 5.06. The van der Waals surface area contributed by atoms with E-state index < -0.39 is 0 Å². The second-order valence-corrected chi connectivity index (χ2v) is 6.22. The lowest BCUT2D eigenvalue weighted by atomic mass is 9.77. The van der Waals surface area contributed by atoms with Gasteiger partial charge >= 0.3 is 0 Å². The molecule has 2 aliphatic rings. The van der Waals surface area contributed by atoms with Gasteiger partial charge in [-0.25, -0.2) is 0 Å². The summed E-state index contributed by atoms with van der Waals surface area (Å²) >= 11 is 0. The average Bonchev–Trinajstić information content (AvgIpc) is 2.39. The maximum Gasteiger partial charge on any atom is 0.221 e. The summed E-state index contributed by atoms with van der Waals surface area (Å²) in [5, 5.41) is 0. The molecule has 0 aromatic carbocycles. The van der Waals surface area contributed by atoms with Gasteiger partial charge in [-0.1, -0.05) is 13.3 Å². The lowest BCUT2D eigenvalue weighted by molar-refractivity contribution is -0.124. The quantitative estimate of drug-likeness (QED) is 0.786. The van der Waals surface area contributed by atoms with Crippen LogP contribution in [0, 0.1) is 17.8 Å². The van der Waals surface area contributed by atoms with Crippen molar-refractivity contribution < 1.29 is 4.79 Å². The highest BCUT2D eigenvalue weighted by molar-refractivity contribution is 5.76. The van der Waals surface area contributed by atoms with Crippen LogP contribution in [0.1, 0.15) is 39.0 Å². The Morgan fingerprint density at radius 3 is 2.78 bits per heavy atom. The molecular weight excluding hydrogens is 226 g/mol. The molecule has 1 saturated heterocycles. The van der Waals surface area contributed by atoms with Crippen LogP contribution in [0.4, 0.5) is 0 Å². The monoisotopic (exact) mass is 253 g/mol. The van der Waals surface area contributed by atoms with Gasteiger partial charge in [-0.05, 0) is 50.6 Å². The Bertz CT molecular complexity index is 295. The Hall–Kier alpha value is -0.610. The van der Waals surface area contributed by atoms with Crippen LogP contribution in [0.5, 0.6) is 0 Å². The zero-order chi connectivity index (χ0) is 13.1. The van der Waals surface area contributed by atoms with Gasteiger partial charge in [-0.2, -0.15) is 0 Å². The van der Waals surface area contributed by atoms with E-state index in [0.29, 0.717) is 12.0 Å². The van der Waals surface area contributed by atoms with E-state index in [1.807, 2.05) is 0 Å². The minimum absolute atomic E-state index is 0.0504. The Balaban J connectivity index is 2.01. The molecule has 4 heteroatoms. The Kier molecular flexibility index (Phi) is 4.62. The molecule has 0 spiro atoms. The van der Waals surface area contributed by atoms with Crippen molar-refractivity contribution in [2.24, 2.45) is 29.2 Å². The molecule has 0 radical (unpaired) electrons. The van der Waals surface area contributed by atoms with Gasteiger partial charge < -0.3 is 11.5 Å². The summed E-state index contributed by atoms with van der Waals surface area (Å²) < 4.78 is 0. The molecule has 104 valence electrons. The van der Waals surface area contributed by atoms with Gasteiger partial charge in [-0.3, -0.25) is 9.69 Å². The first-order valence-electron chi connectivity index (χ1n) is 7.35. The van der Waals surface area contributed by atoms with Crippen LogP contribution >= 0.6 is 0 Å². The predicted octanol–water partition coefficient (Wildman–Crippen LogP) is 0.947. The van der Waals surface area contributed by atoms with Crippen molar-refractivity contribution in [1.82, 2.24) is 4.90 Å². The van der Waals surface area contributed by atoms with Crippen LogP contribution in [-0.2, 0) is 4.79 Å². The number of amides is 1. The van der Waals surface area contributed by atoms with E-state index in [2.05, 4.69) is 11.8 Å². The van der Waals surface area contributed by atoms with Crippen molar-refractivity contribution in [3.05, 3.63) is 0 Å². The molecule has 4 unspecified atom stereocenters. The fourth-order valence-corrected chi connectivity index (χ4v) is 3.68. The number of hydrogen-bond donors (Lipinski definition) is 2. The Labute approximate surface area is 110 Å². The Morgan fingerprint density at radius 1 is 1.33 bits per heavy atom. The summed E-state index contributed by atoms with van der Waals surface area (Å²) in [5.41, 5.74) is 11.4. The minimum atomic E-state index is -0.132. The minimum Gasteiger partial charge on any atom is -0.369 e. The van der Waals surface area contributed by atoms with Crippen molar-refractivity contribution in [2.75, 3.05) is 19.6 Å². The number of carbonyl (C=O) groups is 1. The summed E-state index contributed by atoms with van der Waals surface area (Å²) in [7, 11) is 0. The second kappa shape index (κ2) is 6.02. The van der Waals surface area contributed by atoms with Crippen LogP contribution in [0.3, 0.4) is 0 Å². The van der Waals surface area contributed by atoms with Gasteiger partial charge in [0.05, 0.1) is 5.92 Å². The largest absolute Gasteiger partial charge is 0.369 e. The molecule has 1 aliphatic carbocycles. The Morgan fingerprint density at radius 2 is 2.11 bits per heavy atom. The number of likely N-dealkylation sites (tertiary alicyclic amines) is 1. The van der Waals surface area contributed by atoms with Crippen molar-refractivity contribution in [3.63, 3.8) is 0 Å². The molecule has 4 atom stereocenters. The van der Waals surface area contributed by atoms with Gasteiger partial charge in [0.15, 0.2) is 0 Å². The van der Waals surface area contributed by atoms with Crippen LogP contribution < -0.4 is 11.5 Å². The summed E-state index contributed by atoms with van der Waals surface area (Å²) in [5.74, 6) is 1.31. The molecule has 1 amide bonds. The first kappa shape index (κ1) is 13.8. The van der Waals surface area contributed by atoms with E-state index in [-0.39, 0.29) is 11.8 Å². The van der Waals surface area contributed by atoms with E-state index in [9.17, 15) is 4.79 Å². The first-order chi connectivity index (χ1) is 8.61. The summed E-state index contributed by atoms with van der Waals surface area (Å²) in [4.78, 5) is 13.9. The highest BCUT2D eigenvalue weighted by atomic mass is 16.1. The second-order valence-electron chi connectivity index (χ2n) is 6.22. The number of rotatable bonds is 3. The van der Waals surface area contributed by atoms with Crippen LogP contribution in [0.15, 0.2) is 0 Å². The molecular formula is C14H27N3O. The van der Waals surface area contributed by atoms with Crippen LogP contribution in [0.25, 0.3) is 0 Å². The number of nitrogens with two attached hydrogens (primary N) is 2. The fourth-order valence-electron chi connectivity index (χ4n) is 3.68. The topological polar surface area (TPSA) is 72.3 Å². The highest BCUT2D eigenvalue weighted by Gasteiger charge is 2.35. The molecule has 18 heavy (non-hydrogen) atoms. The molecule has 1 aliphatic heterocycles. The molecule has 4 nitrogen and oxygen atoms in total. The van der Waals surface area contributed by atoms with E-state index in [4.69, 9.17) is 11.5 Å². The first-order valence-corrected chi connectivity index (χ1v) is 7.35. The number of hydrogen-bond acceptors (Lipinski definition) is 3. The van der Waals surface area contributed by atoms with Crippen molar-refractivity contribution >= 4 is 5.91 Å². The van der Waals surface area contributed by atoms with E-state index in [0.717, 1.165) is 38.4 Å². The van der Waals surface area contributed by atoms with E-state index in [1.54, 1.807) is 0 Å². The van der Waals surface area contributed by atoms with Gasteiger partial charge in [-0.15, -0.1) is 0 Å². The predicted molar refractivity (Wildman–Crippen MR) is 72.8 cm³/mol. The van der Waals surface area contributed by atoms with Crippen LogP contribution in [-0.4, -0.2) is 36.5 Å². The third kappa shape index (κ3) is 3.04. The number of carbonyl (C=O) groups excluding carboxylic acids is 1. The maximum atomic E-state index is 11.4. The normalized spacial score (nSPS) is 38.6. The third-order valence-corrected chi connectivity index (χ3v) is 4.85. The maximum absolute atomic E-state index is 11.4. The fraction of sp³-hybridized carbons (Fsp3) is 0.929. The SMILES string of the molecule is CC1CCC(CN)C(N2CCCC(C(N)=O)C2)C1. The summed E-state index contributed by atoms with van der Waals surface area (Å²) in [6.07, 6.45) is 5.82. The summed E-state index contributed by atoms with van der Waals surface area (Å²) in [6, 6.07) is 0.570. The molecule has 1 saturated carbocycles. The lowest BCUT2D eigenvalue weighted by Crippen LogP contribution is -2.52. The number of primary amides is 1. The molecule has 0 aromatic rings. The van der Waals surface area contributed by atoms with Crippen LogP contribution in [0.2, 0.25) is 0 Å². The van der Waals surface area contributed by atoms with Crippen molar-refractivity contribution in [3.8, 4) is 0 Å². The van der Waals surface area contributed by atoms with Crippen molar-refractivity contribution in [1.29, 1.82) is 0 Å². The lowest BCUT2D eigenvalue weighted by Gasteiger charge is -2.44. The van der Waals surface area contributed by atoms with E-state index >= 15 is 0 Å². The molecule has 1 heterocycles. The average molecular weight is 253 g/mol. The highest BCUT2D eigenvalue weighted by Crippen LogP contribution is 2.33. The molecule has 2 fully saturated rings. The molecule has 2 rings (SSSR count). The number of piperidine rings is 1. The zero-order valence-corrected chi connectivity index (χ0v) is 11.5. The van der Waals surface area contributed by atoms with E-state index in [1.165, 1.54) is 19.3 Å². The molecule has 0 aromatic heterocycles. The molecule has 0 bridgehead atoms. The smallest absolute Gasteiger partial charge is 0.221 e. The third-order valence-electron chi connectivity index (χ3n) is 4.85. The zero-order valence-electron chi connectivity index (χ0n) is 11.5.